The van der Waals surface area contributed by atoms with E-state index in [9.17, 15) is 0 Å². The first-order valence-electron chi connectivity index (χ1n) is 9.36. The summed E-state index contributed by atoms with van der Waals surface area (Å²) >= 11 is 0. The molecule has 1 aliphatic heterocycles. The van der Waals surface area contributed by atoms with Gasteiger partial charge in [0, 0.05) is 45.9 Å². The fourth-order valence-electron chi connectivity index (χ4n) is 3.79. The highest BCUT2D eigenvalue weighted by Crippen LogP contribution is 2.29. The normalized spacial score (nSPS) is 17.7. The van der Waals surface area contributed by atoms with Crippen molar-refractivity contribution in [1.29, 1.82) is 0 Å². The molecular weight excluding hydrogens is 308 g/mol. The zero-order chi connectivity index (χ0) is 17.5. The molecule has 2 aromatic rings. The summed E-state index contributed by atoms with van der Waals surface area (Å²) in [6, 6.07) is 22.7. The Morgan fingerprint density at radius 1 is 0.800 bits per heavy atom. The van der Waals surface area contributed by atoms with E-state index in [1.165, 1.54) is 11.1 Å². The largest absolute Gasteiger partial charge is 0.385 e. The number of benzene rings is 2. The van der Waals surface area contributed by atoms with Gasteiger partial charge in [-0.2, -0.15) is 0 Å². The maximum Gasteiger partial charge on any atom is 0.0602 e. The second kappa shape index (κ2) is 9.14. The Hall–Kier alpha value is -1.68. The van der Waals surface area contributed by atoms with Crippen LogP contribution in [0.15, 0.2) is 60.7 Å². The number of ether oxygens (including phenoxy) is 1. The summed E-state index contributed by atoms with van der Waals surface area (Å²) in [6.07, 6.45) is 1.11. The molecule has 0 saturated carbocycles. The van der Waals surface area contributed by atoms with Crippen molar-refractivity contribution in [2.45, 2.75) is 25.4 Å². The third-order valence-electron chi connectivity index (χ3n) is 5.31. The number of methoxy groups -OCH3 is 1. The van der Waals surface area contributed by atoms with Crippen molar-refractivity contribution in [3.8, 4) is 0 Å². The Labute approximate surface area is 152 Å². The molecule has 0 amide bonds. The number of piperazine rings is 1. The number of hydrogen-bond donors (Lipinski definition) is 0. The second-order valence-corrected chi connectivity index (χ2v) is 6.93. The molecule has 3 nitrogen and oxygen atoms in total. The van der Waals surface area contributed by atoms with Crippen LogP contribution in [0.3, 0.4) is 0 Å². The summed E-state index contributed by atoms with van der Waals surface area (Å²) in [4.78, 5) is 5.23. The second-order valence-electron chi connectivity index (χ2n) is 6.93. The molecule has 0 bridgehead atoms. The third kappa shape index (κ3) is 4.69. The summed E-state index contributed by atoms with van der Waals surface area (Å²) in [6.45, 7) is 7.62. The highest BCUT2D eigenvalue weighted by Gasteiger charge is 2.27. The van der Waals surface area contributed by atoms with Crippen LogP contribution in [-0.4, -0.2) is 55.7 Å². The molecule has 1 fully saturated rings. The summed E-state index contributed by atoms with van der Waals surface area (Å²) < 4.78 is 5.24. The molecule has 134 valence electrons. The van der Waals surface area contributed by atoms with Gasteiger partial charge in [-0.3, -0.25) is 9.80 Å². The molecule has 0 aromatic heterocycles. The summed E-state index contributed by atoms with van der Waals surface area (Å²) in [7, 11) is 1.79. The maximum absolute atomic E-state index is 5.24. The average Bonchev–Trinajstić information content (AvgIpc) is 2.68. The van der Waals surface area contributed by atoms with Crippen LogP contribution in [0, 0.1) is 0 Å². The van der Waals surface area contributed by atoms with Gasteiger partial charge in [-0.15, -0.1) is 0 Å². The van der Waals surface area contributed by atoms with Crippen LogP contribution in [0.5, 0.6) is 0 Å². The van der Waals surface area contributed by atoms with E-state index in [-0.39, 0.29) is 0 Å². The standard InChI is InChI=1S/C22H30N2O/c1-19(13-18-25-2)23-14-16-24(17-15-23)22(20-9-5-3-6-10-20)21-11-7-4-8-12-21/h3-12,19,22H,13-18H2,1-2H3/t19-/m1/s1. The predicted octanol–water partition coefficient (Wildman–Crippen LogP) is 3.82. The van der Waals surface area contributed by atoms with E-state index in [0.29, 0.717) is 12.1 Å². The van der Waals surface area contributed by atoms with Gasteiger partial charge < -0.3 is 4.74 Å². The Morgan fingerprint density at radius 2 is 1.28 bits per heavy atom. The molecular formula is C22H30N2O. The van der Waals surface area contributed by atoms with Crippen LogP contribution in [0.2, 0.25) is 0 Å². The molecule has 1 heterocycles. The molecule has 0 spiro atoms. The van der Waals surface area contributed by atoms with Crippen molar-refractivity contribution >= 4 is 0 Å². The van der Waals surface area contributed by atoms with Crippen LogP contribution in [0.25, 0.3) is 0 Å². The van der Waals surface area contributed by atoms with Gasteiger partial charge in [-0.1, -0.05) is 60.7 Å². The summed E-state index contributed by atoms with van der Waals surface area (Å²) in [5, 5.41) is 0. The summed E-state index contributed by atoms with van der Waals surface area (Å²) in [5.41, 5.74) is 2.77. The molecule has 3 heteroatoms. The van der Waals surface area contributed by atoms with Gasteiger partial charge >= 0.3 is 0 Å². The highest BCUT2D eigenvalue weighted by atomic mass is 16.5. The molecule has 2 aromatic carbocycles. The van der Waals surface area contributed by atoms with Crippen molar-refractivity contribution in [3.05, 3.63) is 71.8 Å². The molecule has 1 atom stereocenters. The van der Waals surface area contributed by atoms with Crippen molar-refractivity contribution < 1.29 is 4.74 Å². The van der Waals surface area contributed by atoms with Gasteiger partial charge in [0.1, 0.15) is 0 Å². The number of hydrogen-bond acceptors (Lipinski definition) is 3. The fourth-order valence-corrected chi connectivity index (χ4v) is 3.79. The average molecular weight is 338 g/mol. The molecule has 1 saturated heterocycles. The van der Waals surface area contributed by atoms with E-state index in [1.807, 2.05) is 0 Å². The maximum atomic E-state index is 5.24. The Balaban J connectivity index is 1.71. The van der Waals surface area contributed by atoms with Crippen LogP contribution < -0.4 is 0 Å². The van der Waals surface area contributed by atoms with Gasteiger partial charge in [0.25, 0.3) is 0 Å². The van der Waals surface area contributed by atoms with Crippen LogP contribution in [0.1, 0.15) is 30.5 Å². The van der Waals surface area contributed by atoms with Crippen LogP contribution in [0.4, 0.5) is 0 Å². The predicted molar refractivity (Wildman–Crippen MR) is 104 cm³/mol. The van der Waals surface area contributed by atoms with E-state index in [1.54, 1.807) is 7.11 Å². The monoisotopic (exact) mass is 338 g/mol. The number of rotatable bonds is 7. The van der Waals surface area contributed by atoms with Crippen LogP contribution >= 0.6 is 0 Å². The van der Waals surface area contributed by atoms with E-state index >= 15 is 0 Å². The lowest BCUT2D eigenvalue weighted by atomic mass is 9.96. The van der Waals surface area contributed by atoms with Gasteiger partial charge in [0.15, 0.2) is 0 Å². The van der Waals surface area contributed by atoms with Crippen LogP contribution in [-0.2, 0) is 4.74 Å². The first-order valence-corrected chi connectivity index (χ1v) is 9.36. The smallest absolute Gasteiger partial charge is 0.0602 e. The van der Waals surface area contributed by atoms with Gasteiger partial charge in [0.2, 0.25) is 0 Å². The van der Waals surface area contributed by atoms with E-state index in [0.717, 1.165) is 39.2 Å². The molecule has 0 N–H and O–H groups in total. The van der Waals surface area contributed by atoms with E-state index in [4.69, 9.17) is 4.74 Å². The lowest BCUT2D eigenvalue weighted by Gasteiger charge is -2.42. The quantitative estimate of drug-likeness (QED) is 0.763. The van der Waals surface area contributed by atoms with Crippen molar-refractivity contribution in [3.63, 3.8) is 0 Å². The minimum atomic E-state index is 0.346. The van der Waals surface area contributed by atoms with Crippen molar-refractivity contribution in [2.75, 3.05) is 39.9 Å². The molecule has 3 rings (SSSR count). The highest BCUT2D eigenvalue weighted by molar-refractivity contribution is 5.31. The minimum absolute atomic E-state index is 0.346. The lowest BCUT2D eigenvalue weighted by molar-refractivity contribution is 0.0693. The molecule has 25 heavy (non-hydrogen) atoms. The van der Waals surface area contributed by atoms with Crippen molar-refractivity contribution in [2.24, 2.45) is 0 Å². The number of nitrogens with zero attached hydrogens (tertiary/aromatic N) is 2. The van der Waals surface area contributed by atoms with E-state index in [2.05, 4.69) is 77.4 Å². The summed E-state index contributed by atoms with van der Waals surface area (Å²) in [5.74, 6) is 0. The Bertz CT molecular complexity index is 569. The molecule has 0 aliphatic carbocycles. The van der Waals surface area contributed by atoms with Gasteiger partial charge in [-0.05, 0) is 24.5 Å². The first kappa shape index (κ1) is 18.1. The topological polar surface area (TPSA) is 15.7 Å². The zero-order valence-electron chi connectivity index (χ0n) is 15.5. The molecule has 0 unspecified atom stereocenters. The fraction of sp³-hybridized carbons (Fsp3) is 0.455. The van der Waals surface area contributed by atoms with Gasteiger partial charge in [-0.25, -0.2) is 0 Å². The minimum Gasteiger partial charge on any atom is -0.385 e. The molecule has 0 radical (unpaired) electrons. The Kier molecular flexibility index (Phi) is 6.62. The SMILES string of the molecule is COCC[C@@H](C)N1CCN(C(c2ccccc2)c2ccccc2)CC1. The third-order valence-corrected chi connectivity index (χ3v) is 5.31. The first-order chi connectivity index (χ1) is 12.3. The van der Waals surface area contributed by atoms with Gasteiger partial charge in [0.05, 0.1) is 6.04 Å². The van der Waals surface area contributed by atoms with Crippen molar-refractivity contribution in [1.82, 2.24) is 9.80 Å². The molecule has 1 aliphatic rings. The zero-order valence-corrected chi connectivity index (χ0v) is 15.5. The van der Waals surface area contributed by atoms with E-state index < -0.39 is 0 Å². The lowest BCUT2D eigenvalue weighted by Crippen LogP contribution is -2.50. The Morgan fingerprint density at radius 3 is 1.76 bits per heavy atom.